The van der Waals surface area contributed by atoms with Crippen LogP contribution in [0.2, 0.25) is 5.02 Å². The number of nitrogens with one attached hydrogen (secondary N) is 1. The molecule has 0 fully saturated rings. The summed E-state index contributed by atoms with van der Waals surface area (Å²) in [6.07, 6.45) is 0.711. The average Bonchev–Trinajstić information content (AvgIpc) is 2.83. The topological polar surface area (TPSA) is 64.0 Å². The molecule has 0 aliphatic rings. The van der Waals surface area contributed by atoms with Gasteiger partial charge in [0.15, 0.2) is 5.16 Å². The van der Waals surface area contributed by atoms with Crippen molar-refractivity contribution in [2.24, 2.45) is 0 Å². The lowest BCUT2D eigenvalue weighted by atomic mass is 10.1. The minimum atomic E-state index is -0.183. The molecular weight excluding hydrogens is 466 g/mol. The molecule has 0 saturated heterocycles. The van der Waals surface area contributed by atoms with Crippen molar-refractivity contribution < 1.29 is 4.79 Å². The van der Waals surface area contributed by atoms with Crippen molar-refractivity contribution in [2.45, 2.75) is 43.8 Å². The number of hydrogen-bond donors (Lipinski definition) is 1. The quantitative estimate of drug-likeness (QED) is 0.253. The highest BCUT2D eigenvalue weighted by molar-refractivity contribution is 7.98. The van der Waals surface area contributed by atoms with Crippen LogP contribution in [0.3, 0.4) is 0 Å². The van der Waals surface area contributed by atoms with Gasteiger partial charge in [0.25, 0.3) is 11.5 Å². The van der Waals surface area contributed by atoms with Gasteiger partial charge in [0.05, 0.1) is 10.9 Å². The summed E-state index contributed by atoms with van der Waals surface area (Å²) in [4.78, 5) is 30.8. The number of aryl methyl sites for hydroxylation is 1. The molecule has 0 spiro atoms. The average molecular weight is 492 g/mol. The molecular formula is C27H26ClN3O2S. The van der Waals surface area contributed by atoms with Crippen molar-refractivity contribution in [3.05, 3.63) is 105 Å². The molecule has 0 unspecified atom stereocenters. The molecule has 0 bridgehead atoms. The number of thioether (sulfide) groups is 1. The van der Waals surface area contributed by atoms with E-state index in [4.69, 9.17) is 16.6 Å². The van der Waals surface area contributed by atoms with Crippen molar-refractivity contribution in [1.29, 1.82) is 0 Å². The first-order valence-corrected chi connectivity index (χ1v) is 12.5. The van der Waals surface area contributed by atoms with Gasteiger partial charge in [0, 0.05) is 28.9 Å². The molecule has 1 amide bonds. The van der Waals surface area contributed by atoms with Gasteiger partial charge in [0.2, 0.25) is 0 Å². The largest absolute Gasteiger partial charge is 0.350 e. The maximum Gasteiger partial charge on any atom is 0.262 e. The summed E-state index contributed by atoms with van der Waals surface area (Å²) in [5.74, 6) is 0.397. The Kier molecular flexibility index (Phi) is 7.70. The highest BCUT2D eigenvalue weighted by atomic mass is 35.5. The number of rotatable bonds is 8. The molecule has 7 heteroatoms. The number of benzene rings is 3. The number of halogens is 1. The fourth-order valence-corrected chi connectivity index (χ4v) is 4.95. The van der Waals surface area contributed by atoms with E-state index in [9.17, 15) is 9.59 Å². The molecule has 4 rings (SSSR count). The second kappa shape index (κ2) is 10.9. The number of fused-ring (bicyclic) bond motifs is 1. The van der Waals surface area contributed by atoms with Gasteiger partial charge in [-0.15, -0.1) is 0 Å². The molecule has 34 heavy (non-hydrogen) atoms. The Morgan fingerprint density at radius 1 is 1.06 bits per heavy atom. The predicted molar refractivity (Wildman–Crippen MR) is 140 cm³/mol. The summed E-state index contributed by atoms with van der Waals surface area (Å²) in [5, 5.41) is 4.67. The molecule has 0 aliphatic carbocycles. The SMILES string of the molecule is CC(C)NC(=O)c1ccc2c(=O)n(CCc3ccccc3)c(SCc3ccccc3Cl)nc2c1. The summed E-state index contributed by atoms with van der Waals surface area (Å²) in [5.41, 5.74) is 3.01. The molecule has 0 aliphatic heterocycles. The number of hydrogen-bond acceptors (Lipinski definition) is 4. The zero-order chi connectivity index (χ0) is 24.1. The Morgan fingerprint density at radius 2 is 1.79 bits per heavy atom. The van der Waals surface area contributed by atoms with E-state index in [0.717, 1.165) is 11.1 Å². The maximum absolute atomic E-state index is 13.5. The van der Waals surface area contributed by atoms with Crippen molar-refractivity contribution in [3.8, 4) is 0 Å². The highest BCUT2D eigenvalue weighted by Crippen LogP contribution is 2.26. The van der Waals surface area contributed by atoms with Gasteiger partial charge in [0.1, 0.15) is 0 Å². The minimum absolute atomic E-state index is 0.0175. The lowest BCUT2D eigenvalue weighted by Crippen LogP contribution is -2.30. The van der Waals surface area contributed by atoms with Crippen LogP contribution in [0.4, 0.5) is 0 Å². The second-order valence-corrected chi connectivity index (χ2v) is 9.68. The number of carbonyl (C=O) groups is 1. The number of aromatic nitrogens is 2. The van der Waals surface area contributed by atoms with Gasteiger partial charge in [-0.1, -0.05) is 71.9 Å². The summed E-state index contributed by atoms with van der Waals surface area (Å²) >= 11 is 7.82. The number of carbonyl (C=O) groups excluding carboxylic acids is 1. The molecule has 1 N–H and O–H groups in total. The summed E-state index contributed by atoms with van der Waals surface area (Å²) in [7, 11) is 0. The Morgan fingerprint density at radius 3 is 2.53 bits per heavy atom. The molecule has 3 aromatic carbocycles. The van der Waals surface area contributed by atoms with Crippen LogP contribution in [0.15, 0.2) is 82.7 Å². The van der Waals surface area contributed by atoms with Crippen LogP contribution in [0, 0.1) is 0 Å². The van der Waals surface area contributed by atoms with Crippen LogP contribution in [0.5, 0.6) is 0 Å². The zero-order valence-electron chi connectivity index (χ0n) is 19.1. The van der Waals surface area contributed by atoms with Crippen LogP contribution < -0.4 is 10.9 Å². The van der Waals surface area contributed by atoms with Crippen molar-refractivity contribution >= 4 is 40.2 Å². The predicted octanol–water partition coefficient (Wildman–Crippen LogP) is 5.72. The van der Waals surface area contributed by atoms with Gasteiger partial charge in [-0.25, -0.2) is 4.98 Å². The van der Waals surface area contributed by atoms with E-state index in [0.29, 0.717) is 45.4 Å². The van der Waals surface area contributed by atoms with Gasteiger partial charge in [-0.05, 0) is 55.7 Å². The Bertz CT molecular complexity index is 1370. The molecule has 174 valence electrons. The van der Waals surface area contributed by atoms with Crippen molar-refractivity contribution in [2.75, 3.05) is 0 Å². The fraction of sp³-hybridized carbons (Fsp3) is 0.222. The number of nitrogens with zero attached hydrogens (tertiary/aromatic N) is 2. The fourth-order valence-electron chi connectivity index (χ4n) is 3.64. The van der Waals surface area contributed by atoms with E-state index in [-0.39, 0.29) is 17.5 Å². The molecule has 1 aromatic heterocycles. The molecule has 0 saturated carbocycles. The summed E-state index contributed by atoms with van der Waals surface area (Å²) in [6.45, 7) is 4.32. The third kappa shape index (κ3) is 5.69. The van der Waals surface area contributed by atoms with Crippen LogP contribution >= 0.6 is 23.4 Å². The van der Waals surface area contributed by atoms with E-state index in [1.54, 1.807) is 22.8 Å². The molecule has 0 atom stereocenters. The van der Waals surface area contributed by atoms with Crippen LogP contribution in [-0.2, 0) is 18.7 Å². The van der Waals surface area contributed by atoms with Crippen LogP contribution in [0.1, 0.15) is 35.3 Å². The summed E-state index contributed by atoms with van der Waals surface area (Å²) in [6, 6.07) is 22.8. The van der Waals surface area contributed by atoms with E-state index in [1.165, 1.54) is 11.8 Å². The van der Waals surface area contributed by atoms with Gasteiger partial charge in [-0.2, -0.15) is 0 Å². The molecule has 1 heterocycles. The normalized spacial score (nSPS) is 11.2. The minimum Gasteiger partial charge on any atom is -0.350 e. The van der Waals surface area contributed by atoms with E-state index >= 15 is 0 Å². The first-order chi connectivity index (χ1) is 16.4. The third-order valence-electron chi connectivity index (χ3n) is 5.38. The first kappa shape index (κ1) is 24.0. The highest BCUT2D eigenvalue weighted by Gasteiger charge is 2.15. The lowest BCUT2D eigenvalue weighted by Gasteiger charge is -2.14. The van der Waals surface area contributed by atoms with Gasteiger partial charge < -0.3 is 5.32 Å². The monoisotopic (exact) mass is 491 g/mol. The lowest BCUT2D eigenvalue weighted by molar-refractivity contribution is 0.0943. The van der Waals surface area contributed by atoms with Gasteiger partial charge >= 0.3 is 0 Å². The Balaban J connectivity index is 1.72. The zero-order valence-corrected chi connectivity index (χ0v) is 20.7. The van der Waals surface area contributed by atoms with E-state index in [2.05, 4.69) is 17.4 Å². The van der Waals surface area contributed by atoms with E-state index in [1.807, 2.05) is 56.3 Å². The number of amides is 1. The second-order valence-electron chi connectivity index (χ2n) is 8.33. The van der Waals surface area contributed by atoms with Crippen molar-refractivity contribution in [1.82, 2.24) is 14.9 Å². The van der Waals surface area contributed by atoms with Crippen molar-refractivity contribution in [3.63, 3.8) is 0 Å². The van der Waals surface area contributed by atoms with Crippen LogP contribution in [0.25, 0.3) is 10.9 Å². The molecule has 4 aromatic rings. The van der Waals surface area contributed by atoms with Crippen LogP contribution in [-0.4, -0.2) is 21.5 Å². The van der Waals surface area contributed by atoms with Gasteiger partial charge in [-0.3, -0.25) is 14.2 Å². The third-order valence-corrected chi connectivity index (χ3v) is 6.78. The molecule has 0 radical (unpaired) electrons. The first-order valence-electron chi connectivity index (χ1n) is 11.2. The summed E-state index contributed by atoms with van der Waals surface area (Å²) < 4.78 is 1.73. The van der Waals surface area contributed by atoms with E-state index < -0.39 is 0 Å². The Labute approximate surface area is 208 Å². The standard InChI is InChI=1S/C27H26ClN3O2S/c1-18(2)29-25(32)20-12-13-22-24(16-20)30-27(34-17-21-10-6-7-11-23(21)28)31(26(22)33)15-14-19-8-4-3-5-9-19/h3-13,16,18H,14-15,17H2,1-2H3,(H,29,32). The molecule has 5 nitrogen and oxygen atoms in total. The smallest absolute Gasteiger partial charge is 0.262 e. The maximum atomic E-state index is 13.5. The Hall–Kier alpha value is -3.09.